The third-order valence-corrected chi connectivity index (χ3v) is 2.74. The quantitative estimate of drug-likeness (QED) is 0.348. The summed E-state index contributed by atoms with van der Waals surface area (Å²) in [4.78, 5) is 9.86. The summed E-state index contributed by atoms with van der Waals surface area (Å²) in [7, 11) is -4.00. The van der Waals surface area contributed by atoms with Crippen molar-refractivity contribution in [3.05, 3.63) is 0 Å². The second-order valence-electron chi connectivity index (χ2n) is 1.76. The first-order valence-electron chi connectivity index (χ1n) is 2.67. The lowest BCUT2D eigenvalue weighted by Gasteiger charge is -2.09. The molecule has 66 valence electrons. The molecule has 0 aliphatic rings. The lowest BCUT2D eigenvalue weighted by Crippen LogP contribution is -2.31. The molecule has 0 aliphatic heterocycles. The van der Waals surface area contributed by atoms with E-state index >= 15 is 0 Å². The Kier molecular flexibility index (Phi) is 4.46. The van der Waals surface area contributed by atoms with Crippen LogP contribution < -0.4 is 5.32 Å². The second kappa shape index (κ2) is 4.58. The Bertz CT molecular complexity index is 212. The van der Waals surface area contributed by atoms with E-state index in [9.17, 15) is 13.2 Å². The number of carbonyl (C=O) groups excluding carboxylic acids is 1. The van der Waals surface area contributed by atoms with Crippen molar-refractivity contribution in [2.45, 2.75) is 5.37 Å². The summed E-state index contributed by atoms with van der Waals surface area (Å²) in [6.07, 6.45) is 2.03. The van der Waals surface area contributed by atoms with Gasteiger partial charge in [-0.2, -0.15) is 8.42 Å². The van der Waals surface area contributed by atoms with Gasteiger partial charge in [-0.15, -0.1) is 11.8 Å². The smallest absolute Gasteiger partial charge is 0.267 e. The predicted molar refractivity (Wildman–Crippen MR) is 42.9 cm³/mol. The van der Waals surface area contributed by atoms with Gasteiger partial charge in [0, 0.05) is 0 Å². The van der Waals surface area contributed by atoms with Crippen molar-refractivity contribution in [2.75, 3.05) is 12.0 Å². The fraction of sp³-hybridized carbons (Fsp3) is 0.750. The highest BCUT2D eigenvalue weighted by Crippen LogP contribution is 2.03. The summed E-state index contributed by atoms with van der Waals surface area (Å²) in [6.45, 7) is 0. The second-order valence-corrected chi connectivity index (χ2v) is 4.30. The predicted octanol–water partition coefficient (Wildman–Crippen LogP) is -0.691. The number of hydrogen-bond acceptors (Lipinski definition) is 4. The summed E-state index contributed by atoms with van der Waals surface area (Å²) in [6, 6.07) is 0. The summed E-state index contributed by atoms with van der Waals surface area (Å²) >= 11 is 1.14. The monoisotopic (exact) mass is 199 g/mol. The average Bonchev–Trinajstić information content (AvgIpc) is 1.84. The van der Waals surface area contributed by atoms with Gasteiger partial charge < -0.3 is 5.32 Å². The minimum Gasteiger partial charge on any atom is -0.346 e. The SMILES string of the molecule is CSC(CS(=O)(=O)O)NC=O. The van der Waals surface area contributed by atoms with Gasteiger partial charge in [0.05, 0.1) is 5.37 Å². The van der Waals surface area contributed by atoms with Crippen LogP contribution in [0.4, 0.5) is 0 Å². The first-order valence-corrected chi connectivity index (χ1v) is 5.57. The van der Waals surface area contributed by atoms with E-state index in [2.05, 4.69) is 5.32 Å². The van der Waals surface area contributed by atoms with Crippen LogP contribution in [-0.2, 0) is 14.9 Å². The lowest BCUT2D eigenvalue weighted by atomic mass is 10.7. The summed E-state index contributed by atoms with van der Waals surface area (Å²) < 4.78 is 28.9. The van der Waals surface area contributed by atoms with E-state index in [4.69, 9.17) is 4.55 Å². The van der Waals surface area contributed by atoms with Gasteiger partial charge >= 0.3 is 0 Å². The topological polar surface area (TPSA) is 83.5 Å². The van der Waals surface area contributed by atoms with Crippen LogP contribution in [0.25, 0.3) is 0 Å². The maximum Gasteiger partial charge on any atom is 0.267 e. The molecule has 0 fully saturated rings. The minimum atomic E-state index is -4.00. The molecule has 2 N–H and O–H groups in total. The number of rotatable bonds is 5. The van der Waals surface area contributed by atoms with Gasteiger partial charge in [-0.05, 0) is 6.26 Å². The highest BCUT2D eigenvalue weighted by Gasteiger charge is 2.14. The minimum absolute atomic E-state index is 0.395. The number of carbonyl (C=O) groups is 1. The molecule has 1 atom stereocenters. The highest BCUT2D eigenvalue weighted by molar-refractivity contribution is 8.00. The maximum atomic E-state index is 10.3. The zero-order valence-corrected chi connectivity index (χ0v) is 7.48. The molecule has 5 nitrogen and oxygen atoms in total. The maximum absolute atomic E-state index is 10.3. The van der Waals surface area contributed by atoms with E-state index in [-0.39, 0.29) is 0 Å². The van der Waals surface area contributed by atoms with Crippen LogP contribution in [-0.4, -0.2) is 36.8 Å². The van der Waals surface area contributed by atoms with Gasteiger partial charge in [-0.25, -0.2) is 0 Å². The fourth-order valence-corrected chi connectivity index (χ4v) is 2.18. The molecule has 0 rings (SSSR count). The van der Waals surface area contributed by atoms with Crippen molar-refractivity contribution in [1.82, 2.24) is 5.32 Å². The molecule has 0 aromatic heterocycles. The summed E-state index contributed by atoms with van der Waals surface area (Å²) in [5, 5.41) is 1.65. The van der Waals surface area contributed by atoms with Crippen LogP contribution >= 0.6 is 11.8 Å². The van der Waals surface area contributed by atoms with Gasteiger partial charge in [0.15, 0.2) is 0 Å². The molecule has 7 heteroatoms. The molecule has 0 heterocycles. The molecular formula is C4H9NO4S2. The Hall–Kier alpha value is -0.270. The van der Waals surface area contributed by atoms with E-state index in [1.807, 2.05) is 0 Å². The molecular weight excluding hydrogens is 190 g/mol. The summed E-state index contributed by atoms with van der Waals surface area (Å²) in [5.74, 6) is -0.465. The molecule has 0 saturated heterocycles. The van der Waals surface area contributed by atoms with Crippen LogP contribution in [0.15, 0.2) is 0 Å². The molecule has 0 aromatic rings. The summed E-state index contributed by atoms with van der Waals surface area (Å²) in [5.41, 5.74) is 0. The van der Waals surface area contributed by atoms with Crippen LogP contribution in [0.3, 0.4) is 0 Å². The number of thioether (sulfide) groups is 1. The van der Waals surface area contributed by atoms with Gasteiger partial charge in [-0.3, -0.25) is 9.35 Å². The zero-order valence-electron chi connectivity index (χ0n) is 5.85. The van der Waals surface area contributed by atoms with Crippen LogP contribution in [0.5, 0.6) is 0 Å². The Balaban J connectivity index is 3.98. The van der Waals surface area contributed by atoms with E-state index in [1.54, 1.807) is 6.26 Å². The van der Waals surface area contributed by atoms with Crippen molar-refractivity contribution in [2.24, 2.45) is 0 Å². The van der Waals surface area contributed by atoms with E-state index < -0.39 is 21.2 Å². The number of hydrogen-bond donors (Lipinski definition) is 2. The van der Waals surface area contributed by atoms with Crippen LogP contribution in [0.1, 0.15) is 0 Å². The van der Waals surface area contributed by atoms with Crippen molar-refractivity contribution in [3.8, 4) is 0 Å². The van der Waals surface area contributed by atoms with Crippen molar-refractivity contribution >= 4 is 28.3 Å². The largest absolute Gasteiger partial charge is 0.346 e. The zero-order chi connectivity index (χ0) is 8.91. The van der Waals surface area contributed by atoms with E-state index in [0.717, 1.165) is 11.8 Å². The molecule has 1 unspecified atom stereocenters. The average molecular weight is 199 g/mol. The molecule has 0 aliphatic carbocycles. The normalized spacial score (nSPS) is 14.0. The molecule has 1 amide bonds. The number of amides is 1. The Morgan fingerprint density at radius 3 is 2.55 bits per heavy atom. The number of nitrogens with one attached hydrogen (secondary N) is 1. The Labute approximate surface area is 69.3 Å². The van der Waals surface area contributed by atoms with Gasteiger partial charge in [0.1, 0.15) is 5.75 Å². The molecule has 0 bridgehead atoms. The first-order chi connectivity index (χ1) is 4.99. The molecule has 0 radical (unpaired) electrons. The molecule has 0 saturated carbocycles. The third kappa shape index (κ3) is 6.14. The molecule has 11 heavy (non-hydrogen) atoms. The van der Waals surface area contributed by atoms with Crippen LogP contribution in [0.2, 0.25) is 0 Å². The highest BCUT2D eigenvalue weighted by atomic mass is 32.2. The Morgan fingerprint density at radius 2 is 2.27 bits per heavy atom. The third-order valence-electron chi connectivity index (χ3n) is 0.900. The van der Waals surface area contributed by atoms with Gasteiger partial charge in [-0.1, -0.05) is 0 Å². The Morgan fingerprint density at radius 1 is 1.73 bits per heavy atom. The van der Waals surface area contributed by atoms with Gasteiger partial charge in [0.25, 0.3) is 10.1 Å². The van der Waals surface area contributed by atoms with Crippen molar-refractivity contribution in [3.63, 3.8) is 0 Å². The lowest BCUT2D eigenvalue weighted by molar-refractivity contribution is -0.109. The molecule has 0 aromatic carbocycles. The van der Waals surface area contributed by atoms with E-state index in [1.165, 1.54) is 0 Å². The van der Waals surface area contributed by atoms with Crippen molar-refractivity contribution in [1.29, 1.82) is 0 Å². The standard InChI is InChI=1S/C4H9NO4S2/c1-10-4(5-3-6)2-11(7,8)9/h3-4H,2H2,1H3,(H,5,6)(H,7,8,9). The van der Waals surface area contributed by atoms with Gasteiger partial charge in [0.2, 0.25) is 6.41 Å². The first kappa shape index (κ1) is 10.7. The molecule has 0 spiro atoms. The van der Waals surface area contributed by atoms with E-state index in [0.29, 0.717) is 6.41 Å². The van der Waals surface area contributed by atoms with Crippen LogP contribution in [0, 0.1) is 0 Å². The van der Waals surface area contributed by atoms with Crippen molar-refractivity contribution < 1.29 is 17.8 Å². The fourth-order valence-electron chi connectivity index (χ4n) is 0.451.